The molecule has 0 saturated heterocycles. The minimum atomic E-state index is -5.04. The molecule has 0 amide bonds. The van der Waals surface area contributed by atoms with Gasteiger partial charge in [-0.15, -0.1) is 0 Å². The zero-order chi connectivity index (χ0) is 8.36. The average molecular weight is 156 g/mol. The van der Waals surface area contributed by atoms with Gasteiger partial charge >= 0.3 is 6.18 Å². The molecule has 0 unspecified atom stereocenters. The molecule has 0 aliphatic rings. The summed E-state index contributed by atoms with van der Waals surface area (Å²) in [6, 6.07) is 0. The van der Waals surface area contributed by atoms with Crippen LogP contribution in [-0.2, 0) is 4.79 Å². The maximum Gasteiger partial charge on any atom is 0.443 e. The Hall–Kier alpha value is -0.870. The fourth-order valence-corrected chi connectivity index (χ4v) is 0.260. The first-order valence-electron chi connectivity index (χ1n) is 2.29. The summed E-state index contributed by atoms with van der Waals surface area (Å²) in [5.74, 6) is -3.32. The minimum Gasteiger partial charge on any atom is -0.295 e. The van der Waals surface area contributed by atoms with Crippen LogP contribution in [0.5, 0.6) is 0 Å². The minimum absolute atomic E-state index is 0.0972. The van der Waals surface area contributed by atoms with Gasteiger partial charge in [0.15, 0.2) is 5.78 Å². The van der Waals surface area contributed by atoms with E-state index in [4.69, 9.17) is 0 Å². The van der Waals surface area contributed by atoms with Crippen LogP contribution in [0.15, 0.2) is 11.9 Å². The zero-order valence-corrected chi connectivity index (χ0v) is 5.00. The van der Waals surface area contributed by atoms with Gasteiger partial charge in [0, 0.05) is 6.08 Å². The van der Waals surface area contributed by atoms with E-state index in [0.29, 0.717) is 0 Å². The van der Waals surface area contributed by atoms with Crippen molar-refractivity contribution in [1.82, 2.24) is 0 Å². The number of alkyl halides is 3. The van der Waals surface area contributed by atoms with Crippen LogP contribution < -0.4 is 0 Å². The Balaban J connectivity index is 4.35. The largest absolute Gasteiger partial charge is 0.443 e. The van der Waals surface area contributed by atoms with Crippen molar-refractivity contribution >= 4 is 5.78 Å². The van der Waals surface area contributed by atoms with Gasteiger partial charge in [0.1, 0.15) is 0 Å². The molecule has 0 N–H and O–H groups in total. The SMILES string of the molecule is CC(=O)/C=C(\F)C(F)(F)F. The van der Waals surface area contributed by atoms with Gasteiger partial charge < -0.3 is 0 Å². The van der Waals surface area contributed by atoms with Crippen molar-refractivity contribution in [2.24, 2.45) is 0 Å². The quantitative estimate of drug-likeness (QED) is 0.419. The topological polar surface area (TPSA) is 17.1 Å². The van der Waals surface area contributed by atoms with Crippen molar-refractivity contribution in [3.63, 3.8) is 0 Å². The van der Waals surface area contributed by atoms with E-state index < -0.39 is 17.8 Å². The number of allylic oxidation sites excluding steroid dienone is 2. The Bertz CT molecular complexity index is 167. The van der Waals surface area contributed by atoms with Crippen LogP contribution in [-0.4, -0.2) is 12.0 Å². The number of halogens is 4. The predicted octanol–water partition coefficient (Wildman–Crippen LogP) is 1.99. The van der Waals surface area contributed by atoms with Gasteiger partial charge in [0.05, 0.1) is 0 Å². The highest BCUT2D eigenvalue weighted by Gasteiger charge is 2.34. The number of hydrogen-bond donors (Lipinski definition) is 0. The first kappa shape index (κ1) is 9.13. The van der Waals surface area contributed by atoms with Gasteiger partial charge in [-0.25, -0.2) is 4.39 Å². The predicted molar refractivity (Wildman–Crippen MR) is 25.9 cm³/mol. The van der Waals surface area contributed by atoms with Crippen molar-refractivity contribution in [3.8, 4) is 0 Å². The van der Waals surface area contributed by atoms with E-state index in [1.807, 2.05) is 0 Å². The monoisotopic (exact) mass is 156 g/mol. The van der Waals surface area contributed by atoms with Crippen LogP contribution in [0.3, 0.4) is 0 Å². The van der Waals surface area contributed by atoms with Gasteiger partial charge in [-0.1, -0.05) is 0 Å². The maximum absolute atomic E-state index is 11.7. The molecule has 0 aliphatic carbocycles. The number of hydrogen-bond acceptors (Lipinski definition) is 1. The van der Waals surface area contributed by atoms with Gasteiger partial charge in [-0.2, -0.15) is 13.2 Å². The van der Waals surface area contributed by atoms with Crippen LogP contribution >= 0.6 is 0 Å². The van der Waals surface area contributed by atoms with Gasteiger partial charge in [-0.3, -0.25) is 4.79 Å². The molecule has 0 spiro atoms. The molecule has 10 heavy (non-hydrogen) atoms. The smallest absolute Gasteiger partial charge is 0.295 e. The van der Waals surface area contributed by atoms with E-state index in [-0.39, 0.29) is 6.08 Å². The van der Waals surface area contributed by atoms with Crippen LogP contribution in [0, 0.1) is 0 Å². The summed E-state index contributed by atoms with van der Waals surface area (Å²) in [6.07, 6.45) is -5.13. The third-order valence-electron chi connectivity index (χ3n) is 0.601. The van der Waals surface area contributed by atoms with E-state index in [1.54, 1.807) is 0 Å². The molecule has 0 bridgehead atoms. The Morgan fingerprint density at radius 1 is 1.40 bits per heavy atom. The van der Waals surface area contributed by atoms with Crippen LogP contribution in [0.2, 0.25) is 0 Å². The molecule has 0 radical (unpaired) electrons. The number of carbonyl (C=O) groups is 1. The lowest BCUT2D eigenvalue weighted by atomic mass is 10.3. The molecule has 0 aromatic rings. The summed E-state index contributed by atoms with van der Waals surface area (Å²) >= 11 is 0. The Morgan fingerprint density at radius 3 is 1.90 bits per heavy atom. The summed E-state index contributed by atoms with van der Waals surface area (Å²) < 4.78 is 45.3. The standard InChI is InChI=1S/C5H4F4O/c1-3(10)2-4(6)5(7,8)9/h2H,1H3/b4-2-. The molecule has 0 atom stereocenters. The van der Waals surface area contributed by atoms with E-state index in [2.05, 4.69) is 0 Å². The number of carbonyl (C=O) groups excluding carboxylic acids is 1. The Kier molecular flexibility index (Phi) is 2.56. The second-order valence-electron chi connectivity index (χ2n) is 1.60. The maximum atomic E-state index is 11.7. The van der Waals surface area contributed by atoms with E-state index >= 15 is 0 Å². The molecule has 58 valence electrons. The molecular weight excluding hydrogens is 152 g/mol. The second-order valence-corrected chi connectivity index (χ2v) is 1.60. The normalized spacial score (nSPS) is 13.5. The molecule has 0 heterocycles. The van der Waals surface area contributed by atoms with Crippen molar-refractivity contribution < 1.29 is 22.4 Å². The molecule has 0 saturated carbocycles. The summed E-state index contributed by atoms with van der Waals surface area (Å²) in [6.45, 7) is 0.839. The molecule has 0 fully saturated rings. The third-order valence-corrected chi connectivity index (χ3v) is 0.601. The molecular formula is C5H4F4O. The molecule has 0 rings (SSSR count). The van der Waals surface area contributed by atoms with Crippen LogP contribution in [0.25, 0.3) is 0 Å². The third kappa shape index (κ3) is 3.21. The zero-order valence-electron chi connectivity index (χ0n) is 5.00. The van der Waals surface area contributed by atoms with Gasteiger partial charge in [-0.05, 0) is 6.92 Å². The Labute approximate surface area is 54.3 Å². The summed E-state index contributed by atoms with van der Waals surface area (Å²) in [5, 5.41) is 0. The number of ketones is 1. The van der Waals surface area contributed by atoms with Gasteiger partial charge in [0.25, 0.3) is 0 Å². The van der Waals surface area contributed by atoms with E-state index in [1.165, 1.54) is 0 Å². The van der Waals surface area contributed by atoms with Crippen molar-refractivity contribution in [2.45, 2.75) is 13.1 Å². The highest BCUT2D eigenvalue weighted by Crippen LogP contribution is 2.25. The van der Waals surface area contributed by atoms with E-state index in [0.717, 1.165) is 6.92 Å². The highest BCUT2D eigenvalue weighted by molar-refractivity contribution is 5.87. The highest BCUT2D eigenvalue weighted by atomic mass is 19.4. The summed E-state index contributed by atoms with van der Waals surface area (Å²) in [4.78, 5) is 9.88. The number of rotatable bonds is 1. The van der Waals surface area contributed by atoms with Crippen molar-refractivity contribution in [1.29, 1.82) is 0 Å². The molecule has 5 heteroatoms. The lowest BCUT2D eigenvalue weighted by molar-refractivity contribution is -0.117. The van der Waals surface area contributed by atoms with E-state index in [9.17, 15) is 22.4 Å². The first-order chi connectivity index (χ1) is 4.34. The fourth-order valence-electron chi connectivity index (χ4n) is 0.260. The lowest BCUT2D eigenvalue weighted by Crippen LogP contribution is -2.08. The first-order valence-corrected chi connectivity index (χ1v) is 2.29. The van der Waals surface area contributed by atoms with Crippen LogP contribution in [0.4, 0.5) is 17.6 Å². The average Bonchev–Trinajstić information content (AvgIpc) is 1.60. The van der Waals surface area contributed by atoms with Crippen molar-refractivity contribution in [2.75, 3.05) is 0 Å². The van der Waals surface area contributed by atoms with Gasteiger partial charge in [0.2, 0.25) is 5.83 Å². The molecule has 1 nitrogen and oxygen atoms in total. The summed E-state index contributed by atoms with van der Waals surface area (Å²) in [5.41, 5.74) is 0. The van der Waals surface area contributed by atoms with Crippen LogP contribution in [0.1, 0.15) is 6.92 Å². The summed E-state index contributed by atoms with van der Waals surface area (Å²) in [7, 11) is 0. The second kappa shape index (κ2) is 2.81. The van der Waals surface area contributed by atoms with Crippen molar-refractivity contribution in [3.05, 3.63) is 11.9 Å². The molecule has 0 aliphatic heterocycles. The molecule has 0 aromatic carbocycles. The molecule has 0 aromatic heterocycles. The lowest BCUT2D eigenvalue weighted by Gasteiger charge is -1.99. The Morgan fingerprint density at radius 2 is 1.80 bits per heavy atom. The fraction of sp³-hybridized carbons (Fsp3) is 0.400.